The zero-order valence-electron chi connectivity index (χ0n) is 10.9. The molecule has 0 bridgehead atoms. The number of furan rings is 1. The van der Waals surface area contributed by atoms with Crippen LogP contribution in [0.15, 0.2) is 22.8 Å². The molecule has 1 fully saturated rings. The highest BCUT2D eigenvalue weighted by Crippen LogP contribution is 2.20. The fourth-order valence-electron chi connectivity index (χ4n) is 2.13. The second-order valence-electron chi connectivity index (χ2n) is 4.69. The number of carbonyl (C=O) groups is 3. The van der Waals surface area contributed by atoms with Crippen LogP contribution < -0.4 is 5.32 Å². The molecule has 1 aromatic rings. The summed E-state index contributed by atoms with van der Waals surface area (Å²) in [6, 6.07) is 3.51. The summed E-state index contributed by atoms with van der Waals surface area (Å²) >= 11 is 0. The van der Waals surface area contributed by atoms with E-state index >= 15 is 0 Å². The molecular formula is C13H16N2O5. The molecule has 2 N–H and O–H groups in total. The van der Waals surface area contributed by atoms with Gasteiger partial charge in [-0.05, 0) is 12.1 Å². The Balaban J connectivity index is 1.82. The van der Waals surface area contributed by atoms with Crippen molar-refractivity contribution in [3.8, 4) is 0 Å². The lowest BCUT2D eigenvalue weighted by Gasteiger charge is -2.14. The first kappa shape index (κ1) is 14.1. The van der Waals surface area contributed by atoms with E-state index < -0.39 is 11.9 Å². The molecule has 1 atom stereocenters. The van der Waals surface area contributed by atoms with Crippen LogP contribution >= 0.6 is 0 Å². The molecule has 0 spiro atoms. The van der Waals surface area contributed by atoms with Gasteiger partial charge in [0.15, 0.2) is 0 Å². The molecule has 108 valence electrons. The van der Waals surface area contributed by atoms with Crippen LogP contribution in [-0.2, 0) is 20.9 Å². The van der Waals surface area contributed by atoms with Crippen LogP contribution in [0.2, 0.25) is 0 Å². The van der Waals surface area contributed by atoms with Gasteiger partial charge >= 0.3 is 5.97 Å². The normalized spacial score (nSPS) is 18.3. The van der Waals surface area contributed by atoms with E-state index in [1.807, 2.05) is 0 Å². The fraction of sp³-hybridized carbons (Fsp3) is 0.462. The maximum absolute atomic E-state index is 11.8. The number of aliphatic carboxylic acids is 1. The maximum atomic E-state index is 11.8. The van der Waals surface area contributed by atoms with E-state index in [1.165, 1.54) is 6.26 Å². The molecule has 2 rings (SSSR count). The summed E-state index contributed by atoms with van der Waals surface area (Å²) in [4.78, 5) is 35.6. The number of amides is 2. The molecule has 0 radical (unpaired) electrons. The van der Waals surface area contributed by atoms with Crippen LogP contribution in [0.3, 0.4) is 0 Å². The van der Waals surface area contributed by atoms with E-state index in [0.717, 1.165) is 0 Å². The van der Waals surface area contributed by atoms with Gasteiger partial charge in [-0.2, -0.15) is 0 Å². The third-order valence-electron chi connectivity index (χ3n) is 3.15. The Hall–Kier alpha value is -2.31. The quantitative estimate of drug-likeness (QED) is 0.776. The van der Waals surface area contributed by atoms with Crippen LogP contribution in [0.1, 0.15) is 18.6 Å². The van der Waals surface area contributed by atoms with Gasteiger partial charge in [0.1, 0.15) is 5.76 Å². The fourth-order valence-corrected chi connectivity index (χ4v) is 2.13. The van der Waals surface area contributed by atoms with E-state index in [-0.39, 0.29) is 31.2 Å². The first-order valence-corrected chi connectivity index (χ1v) is 6.36. The Morgan fingerprint density at radius 3 is 2.95 bits per heavy atom. The van der Waals surface area contributed by atoms with Gasteiger partial charge < -0.3 is 19.7 Å². The minimum atomic E-state index is -0.966. The molecule has 2 heterocycles. The van der Waals surface area contributed by atoms with Gasteiger partial charge in [0, 0.05) is 19.5 Å². The predicted octanol–water partition coefficient (Wildman–Crippen LogP) is 0.219. The number of carboxylic acid groups (broad SMARTS) is 1. The summed E-state index contributed by atoms with van der Waals surface area (Å²) in [5.41, 5.74) is 0. The second-order valence-corrected chi connectivity index (χ2v) is 4.69. The van der Waals surface area contributed by atoms with Gasteiger partial charge in [0.25, 0.3) is 0 Å². The molecule has 0 saturated carbocycles. The van der Waals surface area contributed by atoms with Crippen LogP contribution in [0, 0.1) is 5.92 Å². The van der Waals surface area contributed by atoms with E-state index in [9.17, 15) is 14.4 Å². The van der Waals surface area contributed by atoms with Crippen LogP contribution in [0.5, 0.6) is 0 Å². The zero-order chi connectivity index (χ0) is 14.5. The van der Waals surface area contributed by atoms with Crippen molar-refractivity contribution in [2.75, 3.05) is 13.1 Å². The Bertz CT molecular complexity index is 497. The monoisotopic (exact) mass is 280 g/mol. The zero-order valence-corrected chi connectivity index (χ0v) is 10.9. The van der Waals surface area contributed by atoms with Gasteiger partial charge in [0.05, 0.1) is 25.1 Å². The molecule has 7 heteroatoms. The molecule has 7 nitrogen and oxygen atoms in total. The minimum Gasteiger partial charge on any atom is -0.481 e. The SMILES string of the molecule is O=C(O)CCNC(=O)C1CC(=O)N(Cc2ccco2)C1. The number of carbonyl (C=O) groups excluding carboxylic acids is 2. The molecule has 2 amide bonds. The standard InChI is InChI=1S/C13H16N2O5/c16-11-6-9(13(19)14-4-3-12(17)18)7-15(11)8-10-2-1-5-20-10/h1-2,5,9H,3-4,6-8H2,(H,14,19)(H,17,18). The molecule has 1 aromatic heterocycles. The third-order valence-corrected chi connectivity index (χ3v) is 3.15. The molecular weight excluding hydrogens is 264 g/mol. The molecule has 1 aliphatic heterocycles. The maximum Gasteiger partial charge on any atom is 0.305 e. The minimum absolute atomic E-state index is 0.0804. The van der Waals surface area contributed by atoms with Crippen molar-refractivity contribution >= 4 is 17.8 Å². The molecule has 20 heavy (non-hydrogen) atoms. The largest absolute Gasteiger partial charge is 0.481 e. The highest BCUT2D eigenvalue weighted by atomic mass is 16.4. The Kier molecular flexibility index (Phi) is 4.39. The van der Waals surface area contributed by atoms with Gasteiger partial charge in [-0.15, -0.1) is 0 Å². The van der Waals surface area contributed by atoms with Crippen molar-refractivity contribution in [3.63, 3.8) is 0 Å². The van der Waals surface area contributed by atoms with Gasteiger partial charge in [-0.3, -0.25) is 14.4 Å². The number of hydrogen-bond donors (Lipinski definition) is 2. The topological polar surface area (TPSA) is 99.8 Å². The summed E-state index contributed by atoms with van der Waals surface area (Å²) in [6.07, 6.45) is 1.56. The van der Waals surface area contributed by atoms with E-state index in [4.69, 9.17) is 9.52 Å². The van der Waals surface area contributed by atoms with Crippen molar-refractivity contribution < 1.29 is 23.9 Å². The summed E-state index contributed by atoms with van der Waals surface area (Å²) < 4.78 is 5.17. The van der Waals surface area contributed by atoms with Gasteiger partial charge in [0.2, 0.25) is 11.8 Å². The number of likely N-dealkylation sites (tertiary alicyclic amines) is 1. The van der Waals surface area contributed by atoms with E-state index in [0.29, 0.717) is 18.8 Å². The van der Waals surface area contributed by atoms with Crippen molar-refractivity contribution in [1.82, 2.24) is 10.2 Å². The number of hydrogen-bond acceptors (Lipinski definition) is 4. The average Bonchev–Trinajstić information content (AvgIpc) is 3.00. The highest BCUT2D eigenvalue weighted by Gasteiger charge is 2.34. The first-order valence-electron chi connectivity index (χ1n) is 6.36. The predicted molar refractivity (Wildman–Crippen MR) is 67.5 cm³/mol. The van der Waals surface area contributed by atoms with Gasteiger partial charge in [-0.1, -0.05) is 0 Å². The van der Waals surface area contributed by atoms with E-state index in [2.05, 4.69) is 5.32 Å². The number of carboxylic acids is 1. The summed E-state index contributed by atoms with van der Waals surface area (Å²) in [7, 11) is 0. The summed E-state index contributed by atoms with van der Waals surface area (Å²) in [5.74, 6) is -1.09. The second kappa shape index (κ2) is 6.23. The van der Waals surface area contributed by atoms with Crippen LogP contribution in [0.4, 0.5) is 0 Å². The third kappa shape index (κ3) is 3.59. The first-order chi connectivity index (χ1) is 9.56. The molecule has 0 aromatic carbocycles. The van der Waals surface area contributed by atoms with E-state index in [1.54, 1.807) is 17.0 Å². The lowest BCUT2D eigenvalue weighted by atomic mass is 10.1. The molecule has 1 aliphatic rings. The van der Waals surface area contributed by atoms with Crippen molar-refractivity contribution in [3.05, 3.63) is 24.2 Å². The molecule has 1 unspecified atom stereocenters. The number of nitrogens with one attached hydrogen (secondary N) is 1. The van der Waals surface area contributed by atoms with Crippen molar-refractivity contribution in [1.29, 1.82) is 0 Å². The summed E-state index contributed by atoms with van der Waals surface area (Å²) in [5, 5.41) is 11.0. The van der Waals surface area contributed by atoms with Crippen LogP contribution in [0.25, 0.3) is 0 Å². The Labute approximate surface area is 115 Å². The molecule has 0 aliphatic carbocycles. The lowest BCUT2D eigenvalue weighted by Crippen LogP contribution is -2.34. The molecule has 1 saturated heterocycles. The Morgan fingerprint density at radius 2 is 2.30 bits per heavy atom. The number of nitrogens with zero attached hydrogens (tertiary/aromatic N) is 1. The lowest BCUT2D eigenvalue weighted by molar-refractivity contribution is -0.137. The summed E-state index contributed by atoms with van der Waals surface area (Å²) in [6.45, 7) is 0.764. The van der Waals surface area contributed by atoms with Crippen molar-refractivity contribution in [2.24, 2.45) is 5.92 Å². The van der Waals surface area contributed by atoms with Gasteiger partial charge in [-0.25, -0.2) is 0 Å². The number of rotatable bonds is 6. The van der Waals surface area contributed by atoms with Crippen LogP contribution in [-0.4, -0.2) is 40.9 Å². The average molecular weight is 280 g/mol. The highest BCUT2D eigenvalue weighted by molar-refractivity contribution is 5.89. The Morgan fingerprint density at radius 1 is 1.50 bits per heavy atom. The van der Waals surface area contributed by atoms with Crippen molar-refractivity contribution in [2.45, 2.75) is 19.4 Å². The smallest absolute Gasteiger partial charge is 0.305 e.